The van der Waals surface area contributed by atoms with Crippen LogP contribution in [0.4, 0.5) is 15.8 Å². The third-order valence-electron chi connectivity index (χ3n) is 1.67. The summed E-state index contributed by atoms with van der Waals surface area (Å²) < 4.78 is 12.9. The van der Waals surface area contributed by atoms with E-state index >= 15 is 0 Å². The number of rotatable bonds is 4. The molecule has 0 saturated carbocycles. The lowest BCUT2D eigenvalue weighted by molar-refractivity contribution is 0.389. The molecule has 0 aliphatic heterocycles. The van der Waals surface area contributed by atoms with Gasteiger partial charge in [0.2, 0.25) is 0 Å². The molecule has 84 valence electrons. The molecule has 3 N–H and O–H groups in total. The molecule has 0 saturated heterocycles. The molecule has 1 heterocycles. The number of hydrogen-bond donors (Lipinski definition) is 3. The SMILES string of the molecule is C=CN=C(Nc1ccncc1NO)C(=C)F. The average molecular weight is 222 g/mol. The number of anilines is 2. The fourth-order valence-corrected chi connectivity index (χ4v) is 0.982. The quantitative estimate of drug-likeness (QED) is 0.415. The van der Waals surface area contributed by atoms with Gasteiger partial charge in [-0.3, -0.25) is 15.7 Å². The van der Waals surface area contributed by atoms with Crippen molar-refractivity contribution in [1.82, 2.24) is 4.98 Å². The molecule has 5 nitrogen and oxygen atoms in total. The summed E-state index contributed by atoms with van der Waals surface area (Å²) in [6, 6.07) is 1.54. The maximum absolute atomic E-state index is 12.9. The average Bonchev–Trinajstić information content (AvgIpc) is 2.29. The predicted octanol–water partition coefficient (Wildman–Crippen LogP) is 2.32. The van der Waals surface area contributed by atoms with Gasteiger partial charge in [0.05, 0.1) is 11.9 Å². The standard InChI is InChI=1S/C10H11FN4O/c1-3-13-10(7(2)11)14-8-4-5-12-6-9(8)15-16/h3-6,15-16H,1-2H2,(H,12,13,14). The summed E-state index contributed by atoms with van der Waals surface area (Å²) in [6.45, 7) is 6.47. The van der Waals surface area contributed by atoms with Crippen LogP contribution in [0.2, 0.25) is 0 Å². The Morgan fingerprint density at radius 3 is 2.88 bits per heavy atom. The van der Waals surface area contributed by atoms with Crippen molar-refractivity contribution in [1.29, 1.82) is 0 Å². The first kappa shape index (κ1) is 11.9. The largest absolute Gasteiger partial charge is 0.336 e. The summed E-state index contributed by atoms with van der Waals surface area (Å²) in [5, 5.41) is 11.4. The van der Waals surface area contributed by atoms with Gasteiger partial charge >= 0.3 is 0 Å². The van der Waals surface area contributed by atoms with Gasteiger partial charge in [0, 0.05) is 12.4 Å². The molecule has 0 unspecified atom stereocenters. The van der Waals surface area contributed by atoms with Gasteiger partial charge < -0.3 is 5.32 Å². The second-order valence-corrected chi connectivity index (χ2v) is 2.72. The topological polar surface area (TPSA) is 69.5 Å². The van der Waals surface area contributed by atoms with Crippen LogP contribution in [0, 0.1) is 0 Å². The molecule has 0 aliphatic rings. The van der Waals surface area contributed by atoms with Crippen LogP contribution in [0.25, 0.3) is 0 Å². The van der Waals surface area contributed by atoms with Gasteiger partial charge in [0.1, 0.15) is 5.69 Å². The van der Waals surface area contributed by atoms with E-state index in [4.69, 9.17) is 5.21 Å². The third-order valence-corrected chi connectivity index (χ3v) is 1.67. The lowest BCUT2D eigenvalue weighted by Crippen LogP contribution is -2.13. The van der Waals surface area contributed by atoms with E-state index in [1.165, 1.54) is 18.6 Å². The van der Waals surface area contributed by atoms with Crippen LogP contribution < -0.4 is 10.8 Å². The number of halogens is 1. The minimum absolute atomic E-state index is 0.0855. The summed E-state index contributed by atoms with van der Waals surface area (Å²) in [6.07, 6.45) is 4.03. The zero-order valence-corrected chi connectivity index (χ0v) is 8.44. The fraction of sp³-hybridized carbons (Fsp3) is 0. The van der Waals surface area contributed by atoms with E-state index in [0.717, 1.165) is 0 Å². The number of hydrogen-bond acceptors (Lipinski definition) is 4. The summed E-state index contributed by atoms with van der Waals surface area (Å²) in [5.41, 5.74) is 2.63. The van der Waals surface area contributed by atoms with Crippen molar-refractivity contribution in [3.63, 3.8) is 0 Å². The lowest BCUT2D eigenvalue weighted by atomic mass is 10.3. The molecule has 0 fully saturated rings. The lowest BCUT2D eigenvalue weighted by Gasteiger charge is -2.10. The van der Waals surface area contributed by atoms with E-state index in [1.54, 1.807) is 6.07 Å². The number of pyridine rings is 1. The van der Waals surface area contributed by atoms with Crippen LogP contribution in [0.1, 0.15) is 0 Å². The Labute approximate surface area is 92.0 Å². The highest BCUT2D eigenvalue weighted by atomic mass is 19.1. The number of nitrogens with zero attached hydrogens (tertiary/aromatic N) is 2. The first-order valence-electron chi connectivity index (χ1n) is 4.33. The van der Waals surface area contributed by atoms with Crippen molar-refractivity contribution in [3.8, 4) is 0 Å². The number of aliphatic imine (C=N–C) groups is 1. The van der Waals surface area contributed by atoms with Gasteiger partial charge in [-0.05, 0) is 6.07 Å². The molecule has 0 atom stereocenters. The van der Waals surface area contributed by atoms with Gasteiger partial charge in [0.15, 0.2) is 11.7 Å². The Kier molecular flexibility index (Phi) is 4.16. The Balaban J connectivity index is 2.98. The van der Waals surface area contributed by atoms with Crippen LogP contribution in [0.15, 0.2) is 48.6 Å². The molecule has 0 radical (unpaired) electrons. The van der Waals surface area contributed by atoms with Gasteiger partial charge in [-0.25, -0.2) is 9.38 Å². The molecule has 0 spiro atoms. The van der Waals surface area contributed by atoms with E-state index in [-0.39, 0.29) is 5.84 Å². The summed E-state index contributed by atoms with van der Waals surface area (Å²) in [4.78, 5) is 7.44. The molecule has 1 aromatic heterocycles. The molecular formula is C10H11FN4O. The second kappa shape index (κ2) is 5.62. The van der Waals surface area contributed by atoms with Crippen LogP contribution in [-0.2, 0) is 0 Å². The monoisotopic (exact) mass is 222 g/mol. The van der Waals surface area contributed by atoms with Crippen molar-refractivity contribution >= 4 is 17.2 Å². The normalized spacial score (nSPS) is 10.8. The molecular weight excluding hydrogens is 211 g/mol. The molecule has 6 heteroatoms. The Morgan fingerprint density at radius 2 is 2.31 bits per heavy atom. The van der Waals surface area contributed by atoms with Crippen molar-refractivity contribution in [2.45, 2.75) is 0 Å². The van der Waals surface area contributed by atoms with Gasteiger partial charge in [-0.2, -0.15) is 0 Å². The molecule has 0 amide bonds. The van der Waals surface area contributed by atoms with E-state index in [0.29, 0.717) is 11.4 Å². The Hall–Kier alpha value is -2.21. The van der Waals surface area contributed by atoms with Crippen LogP contribution in [-0.4, -0.2) is 16.0 Å². The molecule has 1 rings (SSSR count). The van der Waals surface area contributed by atoms with Crippen molar-refractivity contribution in [3.05, 3.63) is 43.6 Å². The number of aromatic nitrogens is 1. The summed E-state index contributed by atoms with van der Waals surface area (Å²) in [7, 11) is 0. The third kappa shape index (κ3) is 2.89. The highest BCUT2D eigenvalue weighted by Crippen LogP contribution is 2.19. The Bertz CT molecular complexity index is 431. The van der Waals surface area contributed by atoms with Gasteiger partial charge in [0.25, 0.3) is 0 Å². The molecule has 0 aromatic carbocycles. The fourth-order valence-electron chi connectivity index (χ4n) is 0.982. The second-order valence-electron chi connectivity index (χ2n) is 2.72. The summed E-state index contributed by atoms with van der Waals surface area (Å²) in [5.74, 6) is -0.821. The van der Waals surface area contributed by atoms with Crippen LogP contribution in [0.5, 0.6) is 0 Å². The van der Waals surface area contributed by atoms with E-state index < -0.39 is 5.83 Å². The van der Waals surface area contributed by atoms with Crippen LogP contribution >= 0.6 is 0 Å². The van der Waals surface area contributed by atoms with Crippen molar-refractivity contribution < 1.29 is 9.60 Å². The number of amidine groups is 1. The first-order chi connectivity index (χ1) is 7.69. The minimum Gasteiger partial charge on any atom is -0.336 e. The smallest absolute Gasteiger partial charge is 0.166 e. The maximum Gasteiger partial charge on any atom is 0.166 e. The van der Waals surface area contributed by atoms with Crippen molar-refractivity contribution in [2.75, 3.05) is 10.8 Å². The maximum atomic E-state index is 12.9. The first-order valence-corrected chi connectivity index (χ1v) is 4.33. The van der Waals surface area contributed by atoms with E-state index in [2.05, 4.69) is 28.5 Å². The molecule has 0 bridgehead atoms. The van der Waals surface area contributed by atoms with E-state index in [9.17, 15) is 4.39 Å². The minimum atomic E-state index is -0.736. The van der Waals surface area contributed by atoms with Gasteiger partial charge in [-0.15, -0.1) is 0 Å². The highest BCUT2D eigenvalue weighted by Gasteiger charge is 2.07. The zero-order valence-electron chi connectivity index (χ0n) is 8.44. The van der Waals surface area contributed by atoms with E-state index in [1.807, 2.05) is 5.48 Å². The zero-order chi connectivity index (χ0) is 12.0. The van der Waals surface area contributed by atoms with Crippen LogP contribution in [0.3, 0.4) is 0 Å². The predicted molar refractivity (Wildman–Crippen MR) is 61.1 cm³/mol. The number of nitrogens with one attached hydrogen (secondary N) is 2. The molecule has 1 aromatic rings. The highest BCUT2D eigenvalue weighted by molar-refractivity contribution is 6.07. The molecule has 0 aliphatic carbocycles. The molecule has 16 heavy (non-hydrogen) atoms. The Morgan fingerprint density at radius 1 is 1.56 bits per heavy atom. The summed E-state index contributed by atoms with van der Waals surface area (Å²) >= 11 is 0. The van der Waals surface area contributed by atoms with Gasteiger partial charge in [-0.1, -0.05) is 13.2 Å². The van der Waals surface area contributed by atoms with Crippen molar-refractivity contribution in [2.24, 2.45) is 4.99 Å².